The maximum absolute atomic E-state index is 13.9. The number of rotatable bonds is 6. The van der Waals surface area contributed by atoms with Gasteiger partial charge in [0.15, 0.2) is 0 Å². The average molecular weight is 512 g/mol. The summed E-state index contributed by atoms with van der Waals surface area (Å²) in [6, 6.07) is 13.4. The Kier molecular flexibility index (Phi) is 8.83. The molecule has 2 aromatic heterocycles. The van der Waals surface area contributed by atoms with Crippen LogP contribution < -0.4 is 21.3 Å². The van der Waals surface area contributed by atoms with Crippen LogP contribution in [0.4, 0.5) is 8.78 Å². The number of H-pyrrole nitrogens is 2. The highest BCUT2D eigenvalue weighted by atomic mass is 19.1. The van der Waals surface area contributed by atoms with Crippen molar-refractivity contribution in [3.05, 3.63) is 104 Å². The molecular formula is C26H27F2N5O4. The molecule has 0 saturated carbocycles. The molecular weight excluding hydrogens is 484 g/mol. The minimum absolute atomic E-state index is 0. The number of amides is 1. The van der Waals surface area contributed by atoms with Crippen LogP contribution in [-0.2, 0) is 11.2 Å². The van der Waals surface area contributed by atoms with Gasteiger partial charge >= 0.3 is 5.69 Å². The molecule has 0 aliphatic carbocycles. The van der Waals surface area contributed by atoms with Gasteiger partial charge in [-0.1, -0.05) is 18.2 Å². The number of ether oxygens (including phenoxy) is 1. The Labute approximate surface area is 212 Å². The Morgan fingerprint density at radius 1 is 1.19 bits per heavy atom. The SMILES string of the molecule is COc1ccccc1CCC(=O)N[C@H](C)c1ncc(C#N)cc1F.O=c1[nH]c(=O)c2cc(F)ccc2[nH]1.[HH].[HH]. The Morgan fingerprint density at radius 2 is 1.95 bits per heavy atom. The number of carbonyl (C=O) groups is 1. The summed E-state index contributed by atoms with van der Waals surface area (Å²) in [7, 11) is 1.58. The molecule has 0 fully saturated rings. The number of nitrogens with zero attached hydrogens (tertiary/aromatic N) is 2. The summed E-state index contributed by atoms with van der Waals surface area (Å²) in [5, 5.41) is 11.6. The molecule has 0 radical (unpaired) electrons. The number of nitrogens with one attached hydrogen (secondary N) is 3. The van der Waals surface area contributed by atoms with E-state index in [4.69, 9.17) is 10.00 Å². The second kappa shape index (κ2) is 12.2. The predicted molar refractivity (Wildman–Crippen MR) is 136 cm³/mol. The number of fused-ring (bicyclic) bond motifs is 1. The highest BCUT2D eigenvalue weighted by Crippen LogP contribution is 2.19. The Bertz CT molecular complexity index is 1590. The standard InChI is InChI=1S/C18H18FN3O2.C8H5FN2O2.2H2/c1-12(18-15(19)9-13(10-20)11-21-18)22-17(23)8-7-14-5-3-4-6-16(14)24-2;9-4-1-2-6-5(3-4)7(12)11-8(13)10-6;;/h3-6,9,11-12H,7-8H2,1-2H3,(H,22,23);1-3H,(H2,10,11,12,13);2*1H/t12-;;;/m1.../s1. The molecule has 11 heteroatoms. The average Bonchev–Trinajstić information content (AvgIpc) is 2.88. The van der Waals surface area contributed by atoms with Crippen LogP contribution in [0.25, 0.3) is 10.9 Å². The van der Waals surface area contributed by atoms with Gasteiger partial charge in [0.2, 0.25) is 5.91 Å². The van der Waals surface area contributed by atoms with Gasteiger partial charge in [0.1, 0.15) is 23.5 Å². The molecule has 0 aliphatic rings. The number of halogens is 2. The van der Waals surface area contributed by atoms with Gasteiger partial charge < -0.3 is 15.0 Å². The van der Waals surface area contributed by atoms with E-state index in [-0.39, 0.29) is 31.8 Å². The summed E-state index contributed by atoms with van der Waals surface area (Å²) in [6.07, 6.45) is 2.06. The van der Waals surface area contributed by atoms with Gasteiger partial charge in [-0.05, 0) is 49.2 Å². The molecule has 2 aromatic carbocycles. The topological polar surface area (TPSA) is 141 Å². The zero-order valence-electron chi connectivity index (χ0n) is 20.0. The lowest BCUT2D eigenvalue weighted by Gasteiger charge is -2.14. The zero-order chi connectivity index (χ0) is 26.9. The number of hydrogen-bond donors (Lipinski definition) is 3. The van der Waals surface area contributed by atoms with Gasteiger partial charge in [-0.15, -0.1) is 0 Å². The number of aromatic nitrogens is 3. The van der Waals surface area contributed by atoms with E-state index in [0.29, 0.717) is 11.9 Å². The highest BCUT2D eigenvalue weighted by Gasteiger charge is 2.16. The van der Waals surface area contributed by atoms with E-state index in [0.717, 1.165) is 23.4 Å². The van der Waals surface area contributed by atoms with Gasteiger partial charge in [0.05, 0.1) is 35.3 Å². The summed E-state index contributed by atoms with van der Waals surface area (Å²) in [5.74, 6) is -0.589. The van der Waals surface area contributed by atoms with Crippen LogP contribution in [0.1, 0.15) is 39.1 Å². The van der Waals surface area contributed by atoms with E-state index < -0.39 is 28.9 Å². The smallest absolute Gasteiger partial charge is 0.326 e. The van der Waals surface area contributed by atoms with Crippen LogP contribution in [-0.4, -0.2) is 28.0 Å². The number of carbonyl (C=O) groups excluding carboxylic acids is 1. The third kappa shape index (κ3) is 7.08. The number of para-hydroxylation sites is 1. The number of aromatic amines is 2. The maximum Gasteiger partial charge on any atom is 0.326 e. The van der Waals surface area contributed by atoms with Gasteiger partial charge in [-0.3, -0.25) is 19.6 Å². The number of benzene rings is 2. The molecule has 1 amide bonds. The lowest BCUT2D eigenvalue weighted by molar-refractivity contribution is -0.121. The van der Waals surface area contributed by atoms with Gasteiger partial charge in [0, 0.05) is 15.5 Å². The quantitative estimate of drug-likeness (QED) is 0.360. The van der Waals surface area contributed by atoms with E-state index in [1.807, 2.05) is 35.3 Å². The first-order chi connectivity index (χ1) is 17.7. The van der Waals surface area contributed by atoms with E-state index >= 15 is 0 Å². The Hall–Kier alpha value is -4.85. The number of pyridine rings is 1. The van der Waals surface area contributed by atoms with Crippen molar-refractivity contribution in [3.8, 4) is 11.8 Å². The van der Waals surface area contributed by atoms with Crippen LogP contribution in [0.5, 0.6) is 5.75 Å². The number of aryl methyl sites for hydroxylation is 1. The fourth-order valence-corrected chi connectivity index (χ4v) is 3.51. The van der Waals surface area contributed by atoms with E-state index in [2.05, 4.69) is 15.3 Å². The molecule has 194 valence electrons. The molecule has 1 atom stereocenters. The summed E-state index contributed by atoms with van der Waals surface area (Å²) < 4.78 is 31.8. The third-order valence-electron chi connectivity index (χ3n) is 5.30. The Morgan fingerprint density at radius 3 is 2.65 bits per heavy atom. The lowest BCUT2D eigenvalue weighted by atomic mass is 10.1. The molecule has 0 bridgehead atoms. The van der Waals surface area contributed by atoms with E-state index in [1.165, 1.54) is 18.3 Å². The monoisotopic (exact) mass is 511 g/mol. The van der Waals surface area contributed by atoms with Crippen molar-refractivity contribution in [2.75, 3.05) is 7.11 Å². The lowest BCUT2D eigenvalue weighted by Crippen LogP contribution is -2.28. The van der Waals surface area contributed by atoms with Crippen molar-refractivity contribution in [2.45, 2.75) is 25.8 Å². The second-order valence-corrected chi connectivity index (χ2v) is 7.90. The first-order valence-electron chi connectivity index (χ1n) is 11.1. The molecule has 2 heterocycles. The Balaban J connectivity index is 0.000000430. The number of hydrogen-bond acceptors (Lipinski definition) is 6. The van der Waals surface area contributed by atoms with Crippen LogP contribution in [0, 0.1) is 23.0 Å². The fraction of sp³-hybridized carbons (Fsp3) is 0.192. The molecule has 0 aliphatic heterocycles. The van der Waals surface area contributed by atoms with Crippen molar-refractivity contribution >= 4 is 16.8 Å². The first kappa shape index (κ1) is 26.7. The van der Waals surface area contributed by atoms with Gasteiger partial charge in [0.25, 0.3) is 5.56 Å². The molecule has 0 unspecified atom stereocenters. The van der Waals surface area contributed by atoms with E-state index in [9.17, 15) is 23.2 Å². The zero-order valence-corrected chi connectivity index (χ0v) is 20.0. The highest BCUT2D eigenvalue weighted by molar-refractivity contribution is 5.77. The molecule has 37 heavy (non-hydrogen) atoms. The van der Waals surface area contributed by atoms with E-state index in [1.54, 1.807) is 14.0 Å². The van der Waals surface area contributed by atoms with Gasteiger partial charge in [-0.2, -0.15) is 5.26 Å². The fourth-order valence-electron chi connectivity index (χ4n) is 3.51. The van der Waals surface area contributed by atoms with Crippen molar-refractivity contribution in [1.29, 1.82) is 5.26 Å². The minimum atomic E-state index is -0.605. The normalized spacial score (nSPS) is 11.1. The molecule has 9 nitrogen and oxygen atoms in total. The predicted octanol–water partition coefficient (Wildman–Crippen LogP) is 3.76. The third-order valence-corrected chi connectivity index (χ3v) is 5.30. The molecule has 0 saturated heterocycles. The minimum Gasteiger partial charge on any atom is -0.496 e. The number of nitriles is 1. The van der Waals surface area contributed by atoms with Gasteiger partial charge in [-0.25, -0.2) is 13.6 Å². The second-order valence-electron chi connectivity index (χ2n) is 7.90. The molecule has 0 spiro atoms. The van der Waals surface area contributed by atoms with Crippen LogP contribution in [0.3, 0.4) is 0 Å². The largest absolute Gasteiger partial charge is 0.496 e. The van der Waals surface area contributed by atoms with Crippen molar-refractivity contribution in [1.82, 2.24) is 20.3 Å². The van der Waals surface area contributed by atoms with Crippen molar-refractivity contribution < 1.29 is 21.2 Å². The molecule has 3 N–H and O–H groups in total. The summed E-state index contributed by atoms with van der Waals surface area (Å²) in [4.78, 5) is 42.3. The summed E-state index contributed by atoms with van der Waals surface area (Å²) in [5.41, 5.74) is 0.341. The number of methoxy groups -OCH3 is 1. The van der Waals surface area contributed by atoms with Crippen LogP contribution >= 0.6 is 0 Å². The first-order valence-corrected chi connectivity index (χ1v) is 11.1. The summed E-state index contributed by atoms with van der Waals surface area (Å²) >= 11 is 0. The van der Waals surface area contributed by atoms with Crippen LogP contribution in [0.15, 0.2) is 64.3 Å². The molecule has 4 rings (SSSR count). The van der Waals surface area contributed by atoms with Crippen molar-refractivity contribution in [3.63, 3.8) is 0 Å². The van der Waals surface area contributed by atoms with Crippen LogP contribution in [0.2, 0.25) is 0 Å². The summed E-state index contributed by atoms with van der Waals surface area (Å²) in [6.45, 7) is 1.65. The maximum atomic E-state index is 13.9. The molecule has 4 aromatic rings. The van der Waals surface area contributed by atoms with Crippen molar-refractivity contribution in [2.24, 2.45) is 0 Å².